The van der Waals surface area contributed by atoms with Gasteiger partial charge in [-0.1, -0.05) is 18.2 Å². The molecule has 2 heterocycles. The molecule has 0 aliphatic heterocycles. The van der Waals surface area contributed by atoms with Crippen LogP contribution in [0.5, 0.6) is 5.75 Å². The Kier molecular flexibility index (Phi) is 3.39. The number of para-hydroxylation sites is 1. The van der Waals surface area contributed by atoms with E-state index >= 15 is 0 Å². The number of benzene rings is 1. The zero-order valence-corrected chi connectivity index (χ0v) is 12.9. The van der Waals surface area contributed by atoms with Crippen molar-refractivity contribution < 1.29 is 4.74 Å². The maximum absolute atomic E-state index is 6.22. The highest BCUT2D eigenvalue weighted by Gasteiger charge is 2.21. The van der Waals surface area contributed by atoms with Crippen LogP contribution in [0.3, 0.4) is 0 Å². The van der Waals surface area contributed by atoms with E-state index in [0.29, 0.717) is 5.82 Å². The van der Waals surface area contributed by atoms with Crippen LogP contribution in [-0.2, 0) is 7.05 Å². The summed E-state index contributed by atoms with van der Waals surface area (Å²) < 4.78 is 7.12. The molecule has 1 aromatic carbocycles. The summed E-state index contributed by atoms with van der Waals surface area (Å²) in [5.74, 6) is 1.37. The number of hydrogen-bond donors (Lipinski definition) is 1. The zero-order chi connectivity index (χ0) is 15.0. The van der Waals surface area contributed by atoms with Crippen LogP contribution < -0.4 is 10.5 Å². The highest BCUT2D eigenvalue weighted by atomic mass is 32.1. The van der Waals surface area contributed by atoms with E-state index in [1.807, 2.05) is 43.6 Å². The molecule has 108 valence electrons. The quantitative estimate of drug-likeness (QED) is 0.807. The SMILES string of the molecule is COc1ccccc1-c1c(-c2csc(C)n2)nn(C)c1N. The Morgan fingerprint density at radius 1 is 1.29 bits per heavy atom. The lowest BCUT2D eigenvalue weighted by atomic mass is 10.0. The van der Waals surface area contributed by atoms with Gasteiger partial charge < -0.3 is 10.5 Å². The van der Waals surface area contributed by atoms with Gasteiger partial charge in [-0.15, -0.1) is 11.3 Å². The van der Waals surface area contributed by atoms with Gasteiger partial charge in [0, 0.05) is 18.0 Å². The molecular formula is C15H16N4OS. The van der Waals surface area contributed by atoms with Crippen LogP contribution in [0.15, 0.2) is 29.6 Å². The number of rotatable bonds is 3. The predicted octanol–water partition coefficient (Wildman–Crippen LogP) is 3.11. The molecule has 0 atom stereocenters. The molecule has 5 nitrogen and oxygen atoms in total. The van der Waals surface area contributed by atoms with Gasteiger partial charge in [0.1, 0.15) is 23.0 Å². The summed E-state index contributed by atoms with van der Waals surface area (Å²) in [6.45, 7) is 1.98. The predicted molar refractivity (Wildman–Crippen MR) is 85.5 cm³/mol. The Bertz CT molecular complexity index is 791. The van der Waals surface area contributed by atoms with Gasteiger partial charge in [0.05, 0.1) is 17.7 Å². The number of nitrogen functional groups attached to an aromatic ring is 1. The lowest BCUT2D eigenvalue weighted by Gasteiger charge is -2.08. The van der Waals surface area contributed by atoms with E-state index in [9.17, 15) is 0 Å². The Balaban J connectivity index is 2.27. The Morgan fingerprint density at radius 3 is 2.71 bits per heavy atom. The minimum absolute atomic E-state index is 0.597. The summed E-state index contributed by atoms with van der Waals surface area (Å²) in [6.07, 6.45) is 0. The van der Waals surface area contributed by atoms with E-state index in [1.165, 1.54) is 0 Å². The molecule has 0 saturated heterocycles. The lowest BCUT2D eigenvalue weighted by molar-refractivity contribution is 0.416. The van der Waals surface area contributed by atoms with Crippen LogP contribution in [0.2, 0.25) is 0 Å². The van der Waals surface area contributed by atoms with Crippen molar-refractivity contribution in [3.63, 3.8) is 0 Å². The van der Waals surface area contributed by atoms with Gasteiger partial charge in [0.15, 0.2) is 0 Å². The smallest absolute Gasteiger partial charge is 0.130 e. The Labute approximate surface area is 127 Å². The van der Waals surface area contributed by atoms with Crippen LogP contribution in [0.25, 0.3) is 22.5 Å². The molecular weight excluding hydrogens is 284 g/mol. The number of aryl methyl sites for hydroxylation is 2. The summed E-state index contributed by atoms with van der Waals surface area (Å²) in [5, 5.41) is 7.52. The zero-order valence-electron chi connectivity index (χ0n) is 12.1. The Morgan fingerprint density at radius 2 is 2.05 bits per heavy atom. The fraction of sp³-hybridized carbons (Fsp3) is 0.200. The van der Waals surface area contributed by atoms with Gasteiger partial charge in [-0.05, 0) is 13.0 Å². The van der Waals surface area contributed by atoms with Crippen LogP contribution in [0.1, 0.15) is 5.01 Å². The average molecular weight is 300 g/mol. The van der Waals surface area contributed by atoms with Crippen LogP contribution in [0, 0.1) is 6.92 Å². The van der Waals surface area contributed by atoms with Crippen molar-refractivity contribution in [1.82, 2.24) is 14.8 Å². The highest BCUT2D eigenvalue weighted by molar-refractivity contribution is 7.09. The molecule has 3 rings (SSSR count). The van der Waals surface area contributed by atoms with Crippen molar-refractivity contribution in [2.75, 3.05) is 12.8 Å². The molecule has 2 N–H and O–H groups in total. The molecule has 0 spiro atoms. The van der Waals surface area contributed by atoms with Gasteiger partial charge in [0.25, 0.3) is 0 Å². The summed E-state index contributed by atoms with van der Waals surface area (Å²) in [7, 11) is 3.48. The summed E-state index contributed by atoms with van der Waals surface area (Å²) >= 11 is 1.60. The number of aromatic nitrogens is 3. The van der Waals surface area contributed by atoms with Crippen molar-refractivity contribution in [3.8, 4) is 28.3 Å². The first kappa shape index (κ1) is 13.6. The van der Waals surface area contributed by atoms with Gasteiger partial charge in [-0.25, -0.2) is 4.98 Å². The number of nitrogens with zero attached hydrogens (tertiary/aromatic N) is 3. The third-order valence-corrected chi connectivity index (χ3v) is 4.10. The minimum atomic E-state index is 0.597. The number of nitrogens with two attached hydrogens (primary N) is 1. The third kappa shape index (κ3) is 2.27. The second-order valence-electron chi connectivity index (χ2n) is 4.68. The molecule has 6 heteroatoms. The van der Waals surface area contributed by atoms with Gasteiger partial charge in [-0.2, -0.15) is 5.10 Å². The van der Waals surface area contributed by atoms with Crippen LogP contribution in [0.4, 0.5) is 5.82 Å². The highest BCUT2D eigenvalue weighted by Crippen LogP contribution is 2.40. The van der Waals surface area contributed by atoms with Crippen molar-refractivity contribution in [3.05, 3.63) is 34.7 Å². The average Bonchev–Trinajstić information content (AvgIpc) is 3.04. The Hall–Kier alpha value is -2.34. The maximum atomic E-state index is 6.22. The molecule has 0 aliphatic carbocycles. The standard InChI is InChI=1S/C15H16N4OS/c1-9-17-11(8-21-9)14-13(15(16)19(2)18-14)10-6-4-5-7-12(10)20-3/h4-8H,16H2,1-3H3. The molecule has 21 heavy (non-hydrogen) atoms. The molecule has 0 radical (unpaired) electrons. The first-order valence-electron chi connectivity index (χ1n) is 6.50. The van der Waals surface area contributed by atoms with E-state index < -0.39 is 0 Å². The molecule has 0 saturated carbocycles. The van der Waals surface area contributed by atoms with Gasteiger partial charge in [-0.3, -0.25) is 4.68 Å². The van der Waals surface area contributed by atoms with E-state index in [1.54, 1.807) is 23.1 Å². The number of thiazole rings is 1. The molecule has 2 aromatic heterocycles. The largest absolute Gasteiger partial charge is 0.496 e. The number of ether oxygens (including phenoxy) is 1. The van der Waals surface area contributed by atoms with Crippen molar-refractivity contribution in [1.29, 1.82) is 0 Å². The molecule has 3 aromatic rings. The molecule has 0 aliphatic rings. The van der Waals surface area contributed by atoms with Gasteiger partial charge >= 0.3 is 0 Å². The normalized spacial score (nSPS) is 10.8. The number of anilines is 1. The molecule has 0 unspecified atom stereocenters. The van der Waals surface area contributed by atoms with E-state index in [0.717, 1.165) is 33.3 Å². The summed E-state index contributed by atoms with van der Waals surface area (Å²) in [4.78, 5) is 4.52. The summed E-state index contributed by atoms with van der Waals surface area (Å²) in [5.41, 5.74) is 9.63. The first-order chi connectivity index (χ1) is 10.1. The molecule has 0 amide bonds. The first-order valence-corrected chi connectivity index (χ1v) is 7.38. The van der Waals surface area contributed by atoms with E-state index in [-0.39, 0.29) is 0 Å². The molecule has 0 fully saturated rings. The van der Waals surface area contributed by atoms with E-state index in [2.05, 4.69) is 10.1 Å². The second kappa shape index (κ2) is 5.21. The van der Waals surface area contributed by atoms with Crippen molar-refractivity contribution in [2.24, 2.45) is 7.05 Å². The second-order valence-corrected chi connectivity index (χ2v) is 5.75. The number of methoxy groups -OCH3 is 1. The molecule has 0 bridgehead atoms. The van der Waals surface area contributed by atoms with Crippen molar-refractivity contribution >= 4 is 17.2 Å². The third-order valence-electron chi connectivity index (χ3n) is 3.33. The minimum Gasteiger partial charge on any atom is -0.496 e. The van der Waals surface area contributed by atoms with Crippen molar-refractivity contribution in [2.45, 2.75) is 6.92 Å². The van der Waals surface area contributed by atoms with Gasteiger partial charge in [0.2, 0.25) is 0 Å². The fourth-order valence-corrected chi connectivity index (χ4v) is 2.90. The topological polar surface area (TPSA) is 66.0 Å². The fourth-order valence-electron chi connectivity index (χ4n) is 2.31. The summed E-state index contributed by atoms with van der Waals surface area (Å²) in [6, 6.07) is 7.79. The maximum Gasteiger partial charge on any atom is 0.130 e. The lowest BCUT2D eigenvalue weighted by Crippen LogP contribution is -1.98. The van der Waals surface area contributed by atoms with Crippen LogP contribution in [-0.4, -0.2) is 21.9 Å². The monoisotopic (exact) mass is 300 g/mol. The van der Waals surface area contributed by atoms with E-state index in [4.69, 9.17) is 10.5 Å². The van der Waals surface area contributed by atoms with Crippen LogP contribution >= 0.6 is 11.3 Å². The number of hydrogen-bond acceptors (Lipinski definition) is 5.